The van der Waals surface area contributed by atoms with Crippen molar-refractivity contribution in [1.29, 1.82) is 0 Å². The zero-order chi connectivity index (χ0) is 23.9. The molecule has 5 rings (SSSR count). The number of aromatic nitrogens is 2. The standard InChI is InChI=1S/C26H28FN5O2/c1-18-16-31(17-28-18)22-10-5-19(15-23(22)34-3)11-13-25(2)29-24-26(33,12-4-14-32(24)30-25)20-6-8-21(27)9-7-20/h5-11,13,15-17,30,33H,4,12,14H2,1-3H3/b13-11+/t25?,26-/m1/s1. The molecule has 8 heteroatoms. The second-order valence-corrected chi connectivity index (χ2v) is 9.00. The zero-order valence-corrected chi connectivity index (χ0v) is 19.5. The number of nitrogens with one attached hydrogen (secondary N) is 1. The quantitative estimate of drug-likeness (QED) is 0.602. The lowest BCUT2D eigenvalue weighted by molar-refractivity contribution is 0.0582. The molecule has 0 saturated carbocycles. The fourth-order valence-corrected chi connectivity index (χ4v) is 4.61. The van der Waals surface area contributed by atoms with E-state index < -0.39 is 11.3 Å². The molecule has 0 bridgehead atoms. The third-order valence-corrected chi connectivity index (χ3v) is 6.36. The van der Waals surface area contributed by atoms with Crippen LogP contribution in [-0.2, 0) is 5.60 Å². The van der Waals surface area contributed by atoms with Crippen molar-refractivity contribution in [3.05, 3.63) is 83.7 Å². The number of hydrazine groups is 1. The summed E-state index contributed by atoms with van der Waals surface area (Å²) in [4.78, 5) is 9.17. The second-order valence-electron chi connectivity index (χ2n) is 9.00. The van der Waals surface area contributed by atoms with E-state index >= 15 is 0 Å². The van der Waals surface area contributed by atoms with E-state index in [-0.39, 0.29) is 5.82 Å². The number of imidazole rings is 1. The van der Waals surface area contributed by atoms with E-state index in [0.717, 1.165) is 35.7 Å². The number of hydrogen-bond acceptors (Lipinski definition) is 6. The van der Waals surface area contributed by atoms with Gasteiger partial charge in [-0.3, -0.25) is 5.01 Å². The summed E-state index contributed by atoms with van der Waals surface area (Å²) in [5, 5.41) is 13.5. The fraction of sp³-hybridized carbons (Fsp3) is 0.308. The molecule has 2 aliphatic rings. The number of rotatable bonds is 5. The lowest BCUT2D eigenvalue weighted by atomic mass is 9.85. The van der Waals surface area contributed by atoms with E-state index in [1.807, 2.05) is 60.0 Å². The summed E-state index contributed by atoms with van der Waals surface area (Å²) >= 11 is 0. The molecule has 2 aromatic carbocycles. The van der Waals surface area contributed by atoms with E-state index in [1.165, 1.54) is 12.1 Å². The molecular weight excluding hydrogens is 433 g/mol. The van der Waals surface area contributed by atoms with Crippen LogP contribution in [0, 0.1) is 12.7 Å². The summed E-state index contributed by atoms with van der Waals surface area (Å²) in [5.41, 5.74) is 4.85. The maximum absolute atomic E-state index is 13.5. The van der Waals surface area contributed by atoms with E-state index in [1.54, 1.807) is 25.6 Å². The highest BCUT2D eigenvalue weighted by Gasteiger charge is 2.47. The Bertz CT molecular complexity index is 1270. The number of hydrogen-bond donors (Lipinski definition) is 2. The average molecular weight is 462 g/mol. The van der Waals surface area contributed by atoms with Crippen molar-refractivity contribution in [2.24, 2.45) is 4.99 Å². The highest BCUT2D eigenvalue weighted by atomic mass is 19.1. The van der Waals surface area contributed by atoms with Crippen LogP contribution >= 0.6 is 0 Å². The number of aliphatic hydroxyl groups is 1. The Morgan fingerprint density at radius 3 is 2.71 bits per heavy atom. The van der Waals surface area contributed by atoms with Crippen molar-refractivity contribution >= 4 is 11.9 Å². The maximum atomic E-state index is 13.5. The molecule has 34 heavy (non-hydrogen) atoms. The summed E-state index contributed by atoms with van der Waals surface area (Å²) in [6.45, 7) is 4.64. The average Bonchev–Trinajstić information content (AvgIpc) is 3.42. The van der Waals surface area contributed by atoms with Gasteiger partial charge < -0.3 is 14.4 Å². The van der Waals surface area contributed by atoms with Crippen molar-refractivity contribution in [1.82, 2.24) is 20.0 Å². The number of methoxy groups -OCH3 is 1. The number of nitrogens with zero attached hydrogens (tertiary/aromatic N) is 4. The monoisotopic (exact) mass is 461 g/mol. The molecule has 2 aliphatic heterocycles. The number of benzene rings is 2. The first-order chi connectivity index (χ1) is 16.3. The van der Waals surface area contributed by atoms with Gasteiger partial charge >= 0.3 is 0 Å². The summed E-state index contributed by atoms with van der Waals surface area (Å²) in [6.07, 6.45) is 8.98. The molecule has 0 radical (unpaired) electrons. The van der Waals surface area contributed by atoms with E-state index in [2.05, 4.69) is 10.4 Å². The molecular formula is C26H28FN5O2. The summed E-state index contributed by atoms with van der Waals surface area (Å²) in [5.74, 6) is 0.961. The number of fused-ring (bicyclic) bond motifs is 1. The SMILES string of the molecule is COc1cc(/C=C/C2(C)N=C3N(CCC[C@@]3(O)c3ccc(F)cc3)N2)ccc1-n1cnc(C)c1. The van der Waals surface area contributed by atoms with Gasteiger partial charge in [0.05, 0.1) is 24.8 Å². The van der Waals surface area contributed by atoms with Crippen LogP contribution in [0.25, 0.3) is 11.8 Å². The molecule has 1 aromatic heterocycles. The zero-order valence-electron chi connectivity index (χ0n) is 19.5. The molecule has 3 heterocycles. The van der Waals surface area contributed by atoms with Crippen molar-refractivity contribution in [2.45, 2.75) is 38.0 Å². The Morgan fingerprint density at radius 1 is 1.21 bits per heavy atom. The van der Waals surface area contributed by atoms with Gasteiger partial charge in [-0.2, -0.15) is 0 Å². The minimum Gasteiger partial charge on any atom is -0.495 e. The van der Waals surface area contributed by atoms with E-state index in [0.29, 0.717) is 17.8 Å². The van der Waals surface area contributed by atoms with Gasteiger partial charge in [0, 0.05) is 12.7 Å². The third-order valence-electron chi connectivity index (χ3n) is 6.36. The lowest BCUT2D eigenvalue weighted by Crippen LogP contribution is -2.54. The smallest absolute Gasteiger partial charge is 0.153 e. The second kappa shape index (κ2) is 8.38. The lowest BCUT2D eigenvalue weighted by Gasteiger charge is -2.38. The Hall–Kier alpha value is -3.49. The minimum absolute atomic E-state index is 0.330. The fourth-order valence-electron chi connectivity index (χ4n) is 4.61. The first-order valence-electron chi connectivity index (χ1n) is 11.3. The maximum Gasteiger partial charge on any atom is 0.153 e. The summed E-state index contributed by atoms with van der Waals surface area (Å²) in [7, 11) is 1.65. The highest BCUT2D eigenvalue weighted by Crippen LogP contribution is 2.37. The van der Waals surface area contributed by atoms with Gasteiger partial charge in [0.25, 0.3) is 0 Å². The predicted molar refractivity (Wildman–Crippen MR) is 129 cm³/mol. The normalized spacial score (nSPS) is 24.4. The van der Waals surface area contributed by atoms with Crippen LogP contribution in [0.5, 0.6) is 5.75 Å². The Morgan fingerprint density at radius 2 is 2.00 bits per heavy atom. The number of ether oxygens (including phenoxy) is 1. The van der Waals surface area contributed by atoms with Crippen molar-refractivity contribution < 1.29 is 14.2 Å². The molecule has 0 amide bonds. The van der Waals surface area contributed by atoms with E-state index in [4.69, 9.17) is 9.73 Å². The first kappa shape index (κ1) is 22.3. The molecule has 1 saturated heterocycles. The largest absolute Gasteiger partial charge is 0.495 e. The van der Waals surface area contributed by atoms with Crippen molar-refractivity contribution in [2.75, 3.05) is 13.7 Å². The molecule has 176 valence electrons. The van der Waals surface area contributed by atoms with Gasteiger partial charge in [0.1, 0.15) is 22.8 Å². The molecule has 2 N–H and O–H groups in total. The van der Waals surface area contributed by atoms with Gasteiger partial charge in [-0.25, -0.2) is 19.8 Å². The molecule has 0 spiro atoms. The van der Waals surface area contributed by atoms with Crippen molar-refractivity contribution in [3.63, 3.8) is 0 Å². The Labute approximate surface area is 198 Å². The number of aryl methyl sites for hydroxylation is 1. The molecule has 3 aromatic rings. The van der Waals surface area contributed by atoms with Gasteiger partial charge in [-0.05, 0) is 68.2 Å². The highest BCUT2D eigenvalue weighted by molar-refractivity contribution is 5.93. The third kappa shape index (κ3) is 3.99. The van der Waals surface area contributed by atoms with Crippen LogP contribution in [0.3, 0.4) is 0 Å². The van der Waals surface area contributed by atoms with E-state index in [9.17, 15) is 9.50 Å². The van der Waals surface area contributed by atoms with Gasteiger partial charge in [0.2, 0.25) is 0 Å². The van der Waals surface area contributed by atoms with Crippen LogP contribution in [-0.4, -0.2) is 44.8 Å². The molecule has 2 atom stereocenters. The Kier molecular flexibility index (Phi) is 5.50. The van der Waals surface area contributed by atoms with Crippen LogP contribution in [0.2, 0.25) is 0 Å². The number of aliphatic imine (C=N–C) groups is 1. The van der Waals surface area contributed by atoms with Crippen LogP contribution < -0.4 is 10.2 Å². The van der Waals surface area contributed by atoms with Crippen LogP contribution in [0.1, 0.15) is 36.6 Å². The number of halogens is 1. The first-order valence-corrected chi connectivity index (χ1v) is 11.3. The van der Waals surface area contributed by atoms with Crippen LogP contribution in [0.4, 0.5) is 4.39 Å². The predicted octanol–water partition coefficient (Wildman–Crippen LogP) is 3.96. The minimum atomic E-state index is -1.27. The van der Waals surface area contributed by atoms with Gasteiger partial charge in [-0.1, -0.05) is 24.3 Å². The van der Waals surface area contributed by atoms with Gasteiger partial charge in [-0.15, -0.1) is 0 Å². The Balaban J connectivity index is 1.43. The molecule has 1 fully saturated rings. The van der Waals surface area contributed by atoms with Gasteiger partial charge in [0.15, 0.2) is 5.84 Å². The van der Waals surface area contributed by atoms with Crippen molar-refractivity contribution in [3.8, 4) is 11.4 Å². The number of amidine groups is 1. The molecule has 0 aliphatic carbocycles. The topological polar surface area (TPSA) is 74.9 Å². The molecule has 7 nitrogen and oxygen atoms in total. The summed E-state index contributed by atoms with van der Waals surface area (Å²) in [6, 6.07) is 12.0. The number of piperidine rings is 1. The van der Waals surface area contributed by atoms with Crippen LogP contribution in [0.15, 0.2) is 66.1 Å². The summed E-state index contributed by atoms with van der Waals surface area (Å²) < 4.78 is 21.0. The molecule has 1 unspecified atom stereocenters.